The summed E-state index contributed by atoms with van der Waals surface area (Å²) in [6, 6.07) is 16.9. The molecule has 0 N–H and O–H groups in total. The highest BCUT2D eigenvalue weighted by atomic mass is 35.5. The molecular weight excluding hydrogens is 248 g/mol. The molecular formula is C14H11ClN2O. The van der Waals surface area contributed by atoms with Gasteiger partial charge in [-0.2, -0.15) is 0 Å². The van der Waals surface area contributed by atoms with E-state index in [-0.39, 0.29) is 18.0 Å². The van der Waals surface area contributed by atoms with Gasteiger partial charge >= 0.3 is 0 Å². The van der Waals surface area contributed by atoms with Crippen LogP contribution in [0, 0.1) is 0 Å². The molecule has 4 heteroatoms. The van der Waals surface area contributed by atoms with Gasteiger partial charge in [0.2, 0.25) is 0 Å². The Hall–Kier alpha value is -2.13. The van der Waals surface area contributed by atoms with Gasteiger partial charge in [0.1, 0.15) is 6.33 Å². The van der Waals surface area contributed by atoms with Crippen molar-refractivity contribution >= 4 is 23.3 Å². The average molecular weight is 259 g/mol. The van der Waals surface area contributed by atoms with Crippen LogP contribution in [-0.4, -0.2) is 9.55 Å². The molecule has 2 aromatic carbocycles. The Balaban J connectivity index is 0.00000120. The number of aromatic nitrogens is 2. The molecule has 0 fully saturated rings. The molecule has 0 atom stereocenters. The summed E-state index contributed by atoms with van der Waals surface area (Å²) >= 11 is 0. The number of benzene rings is 2. The van der Waals surface area contributed by atoms with Crippen molar-refractivity contribution in [3.8, 4) is 5.69 Å². The van der Waals surface area contributed by atoms with Gasteiger partial charge in [-0.1, -0.05) is 30.3 Å². The van der Waals surface area contributed by atoms with E-state index in [1.807, 2.05) is 48.5 Å². The summed E-state index contributed by atoms with van der Waals surface area (Å²) < 4.78 is 1.56. The molecule has 18 heavy (non-hydrogen) atoms. The third kappa shape index (κ3) is 2.00. The van der Waals surface area contributed by atoms with E-state index in [1.54, 1.807) is 17.0 Å². The van der Waals surface area contributed by atoms with Crippen molar-refractivity contribution in [3.63, 3.8) is 0 Å². The van der Waals surface area contributed by atoms with Crippen molar-refractivity contribution in [3.05, 3.63) is 71.3 Å². The van der Waals surface area contributed by atoms with Gasteiger partial charge in [0.25, 0.3) is 5.56 Å². The van der Waals surface area contributed by atoms with Crippen LogP contribution in [0.3, 0.4) is 0 Å². The fraction of sp³-hybridized carbons (Fsp3) is 0. The molecule has 1 aromatic heterocycles. The smallest absolute Gasteiger partial charge is 0.265 e. The highest BCUT2D eigenvalue weighted by Gasteiger charge is 2.03. The number of hydrogen-bond acceptors (Lipinski definition) is 2. The minimum Gasteiger partial charge on any atom is -0.268 e. The molecule has 0 radical (unpaired) electrons. The molecule has 3 nitrogen and oxygen atoms in total. The standard InChI is InChI=1S/C14H10N2O.ClH/c17-14-12-8-4-5-9-13(12)15-10-16(14)11-6-2-1-3-7-11;/h1-10H;1H. The van der Waals surface area contributed by atoms with Crippen LogP contribution in [-0.2, 0) is 0 Å². The number of rotatable bonds is 1. The van der Waals surface area contributed by atoms with E-state index < -0.39 is 0 Å². The number of hydrogen-bond donors (Lipinski definition) is 0. The average Bonchev–Trinajstić information content (AvgIpc) is 2.40. The normalized spacial score (nSPS) is 10.0. The monoisotopic (exact) mass is 258 g/mol. The predicted octanol–water partition coefficient (Wildman–Crippen LogP) is 2.81. The van der Waals surface area contributed by atoms with E-state index >= 15 is 0 Å². The summed E-state index contributed by atoms with van der Waals surface area (Å²) in [7, 11) is 0. The molecule has 0 aliphatic rings. The van der Waals surface area contributed by atoms with E-state index in [1.165, 1.54) is 0 Å². The van der Waals surface area contributed by atoms with Crippen molar-refractivity contribution in [1.82, 2.24) is 9.55 Å². The SMILES string of the molecule is Cl.O=c1c2ccccc2ncn1-c1ccccc1. The van der Waals surface area contributed by atoms with Crippen LogP contribution in [0.4, 0.5) is 0 Å². The molecule has 0 amide bonds. The fourth-order valence-electron chi connectivity index (χ4n) is 1.84. The summed E-state index contributed by atoms with van der Waals surface area (Å²) in [5.74, 6) is 0. The molecule has 0 saturated carbocycles. The summed E-state index contributed by atoms with van der Waals surface area (Å²) in [5.41, 5.74) is 1.52. The zero-order valence-electron chi connectivity index (χ0n) is 9.48. The van der Waals surface area contributed by atoms with Gasteiger partial charge in [-0.15, -0.1) is 12.4 Å². The molecule has 3 rings (SSSR count). The summed E-state index contributed by atoms with van der Waals surface area (Å²) in [4.78, 5) is 16.5. The molecule has 0 spiro atoms. The first-order valence-electron chi connectivity index (χ1n) is 5.38. The maximum Gasteiger partial charge on any atom is 0.265 e. The third-order valence-electron chi connectivity index (χ3n) is 2.70. The second-order valence-corrected chi connectivity index (χ2v) is 3.77. The van der Waals surface area contributed by atoms with E-state index in [0.29, 0.717) is 5.39 Å². The van der Waals surface area contributed by atoms with Gasteiger partial charge in [0.05, 0.1) is 16.6 Å². The van der Waals surface area contributed by atoms with Crippen LogP contribution in [0.5, 0.6) is 0 Å². The lowest BCUT2D eigenvalue weighted by atomic mass is 10.2. The van der Waals surface area contributed by atoms with Gasteiger partial charge in [0, 0.05) is 0 Å². The molecule has 0 saturated heterocycles. The third-order valence-corrected chi connectivity index (χ3v) is 2.70. The van der Waals surface area contributed by atoms with Crippen LogP contribution in [0.1, 0.15) is 0 Å². The van der Waals surface area contributed by atoms with Gasteiger partial charge in [-0.25, -0.2) is 4.98 Å². The van der Waals surface area contributed by atoms with E-state index in [4.69, 9.17) is 0 Å². The lowest BCUT2D eigenvalue weighted by molar-refractivity contribution is 0.963. The second kappa shape index (κ2) is 5.02. The van der Waals surface area contributed by atoms with Crippen molar-refractivity contribution in [2.24, 2.45) is 0 Å². The van der Waals surface area contributed by atoms with Crippen molar-refractivity contribution in [1.29, 1.82) is 0 Å². The minimum absolute atomic E-state index is 0. The number of para-hydroxylation sites is 2. The van der Waals surface area contributed by atoms with Crippen LogP contribution in [0.25, 0.3) is 16.6 Å². The van der Waals surface area contributed by atoms with Crippen LogP contribution in [0.2, 0.25) is 0 Å². The zero-order valence-corrected chi connectivity index (χ0v) is 10.3. The maximum atomic E-state index is 12.3. The Morgan fingerprint density at radius 3 is 2.33 bits per heavy atom. The lowest BCUT2D eigenvalue weighted by Gasteiger charge is -2.05. The lowest BCUT2D eigenvalue weighted by Crippen LogP contribution is -2.18. The van der Waals surface area contributed by atoms with E-state index in [9.17, 15) is 4.79 Å². The van der Waals surface area contributed by atoms with Crippen LogP contribution < -0.4 is 5.56 Å². The Morgan fingerprint density at radius 1 is 0.889 bits per heavy atom. The quantitative estimate of drug-likeness (QED) is 0.673. The van der Waals surface area contributed by atoms with Gasteiger partial charge in [-0.3, -0.25) is 9.36 Å². The topological polar surface area (TPSA) is 34.9 Å². The van der Waals surface area contributed by atoms with Crippen molar-refractivity contribution < 1.29 is 0 Å². The summed E-state index contributed by atoms with van der Waals surface area (Å²) in [6.07, 6.45) is 1.57. The number of halogens is 1. The summed E-state index contributed by atoms with van der Waals surface area (Å²) in [5, 5.41) is 0.638. The summed E-state index contributed by atoms with van der Waals surface area (Å²) in [6.45, 7) is 0. The van der Waals surface area contributed by atoms with Gasteiger partial charge < -0.3 is 0 Å². The predicted molar refractivity (Wildman–Crippen MR) is 74.6 cm³/mol. The van der Waals surface area contributed by atoms with Gasteiger partial charge in [0.15, 0.2) is 0 Å². The van der Waals surface area contributed by atoms with E-state index in [2.05, 4.69) is 4.98 Å². The number of fused-ring (bicyclic) bond motifs is 1. The maximum absolute atomic E-state index is 12.3. The highest BCUT2D eigenvalue weighted by molar-refractivity contribution is 5.85. The molecule has 0 aliphatic heterocycles. The fourth-order valence-corrected chi connectivity index (χ4v) is 1.84. The molecule has 0 aliphatic carbocycles. The zero-order chi connectivity index (χ0) is 11.7. The van der Waals surface area contributed by atoms with Gasteiger partial charge in [-0.05, 0) is 24.3 Å². The van der Waals surface area contributed by atoms with Crippen LogP contribution in [0.15, 0.2) is 65.7 Å². The van der Waals surface area contributed by atoms with Crippen LogP contribution >= 0.6 is 12.4 Å². The Kier molecular flexibility index (Phi) is 3.44. The Bertz CT molecular complexity index is 722. The van der Waals surface area contributed by atoms with Crippen molar-refractivity contribution in [2.75, 3.05) is 0 Å². The molecule has 3 aromatic rings. The first-order chi connectivity index (χ1) is 8.36. The van der Waals surface area contributed by atoms with E-state index in [0.717, 1.165) is 11.2 Å². The first-order valence-corrected chi connectivity index (χ1v) is 5.38. The Morgan fingerprint density at radius 2 is 1.56 bits per heavy atom. The molecule has 0 bridgehead atoms. The van der Waals surface area contributed by atoms with Crippen molar-refractivity contribution in [2.45, 2.75) is 0 Å². The second-order valence-electron chi connectivity index (χ2n) is 3.77. The minimum atomic E-state index is -0.0400. The largest absolute Gasteiger partial charge is 0.268 e. The Labute approximate surface area is 110 Å². The highest BCUT2D eigenvalue weighted by Crippen LogP contribution is 2.08. The number of nitrogens with zero attached hydrogens (tertiary/aromatic N) is 2. The molecule has 1 heterocycles. The molecule has 90 valence electrons. The first kappa shape index (κ1) is 12.3. The molecule has 0 unspecified atom stereocenters.